The molecule has 0 N–H and O–H groups in total. The van der Waals surface area contributed by atoms with Gasteiger partial charge in [0.05, 0.1) is 7.11 Å². The van der Waals surface area contributed by atoms with Crippen molar-refractivity contribution < 1.29 is 18.7 Å². The molecule has 1 atom stereocenters. The smallest absolute Gasteiger partial charge is 0.336 e. The van der Waals surface area contributed by atoms with Gasteiger partial charge in [0.1, 0.15) is 17.9 Å². The molecule has 1 aromatic carbocycles. The molecule has 2 rings (SSSR count). The maximum Gasteiger partial charge on any atom is 0.336 e. The average molecular weight is 342 g/mol. The predicted octanol–water partition coefficient (Wildman–Crippen LogP) is 3.97. The van der Waals surface area contributed by atoms with Crippen molar-refractivity contribution in [2.45, 2.75) is 26.7 Å². The summed E-state index contributed by atoms with van der Waals surface area (Å²) in [6, 6.07) is 6.66. The molecule has 1 unspecified atom stereocenters. The molecule has 0 aliphatic heterocycles. The Bertz CT molecular complexity index is 885. The van der Waals surface area contributed by atoms with Crippen molar-refractivity contribution >= 4 is 16.9 Å². The number of carbonyl (C=O) groups excluding carboxylic acids is 1. The van der Waals surface area contributed by atoms with E-state index in [9.17, 15) is 9.59 Å². The second-order valence-corrected chi connectivity index (χ2v) is 6.10. The van der Waals surface area contributed by atoms with Crippen molar-refractivity contribution in [2.24, 2.45) is 0 Å². The van der Waals surface area contributed by atoms with Crippen molar-refractivity contribution in [1.29, 1.82) is 0 Å². The molecule has 0 amide bonds. The summed E-state index contributed by atoms with van der Waals surface area (Å²) in [7, 11) is 1.54. The van der Waals surface area contributed by atoms with E-state index in [2.05, 4.69) is 6.58 Å². The van der Waals surface area contributed by atoms with Crippen LogP contribution in [-0.2, 0) is 9.53 Å². The Kier molecular flexibility index (Phi) is 5.80. The fourth-order valence-corrected chi connectivity index (χ4v) is 2.56. The molecule has 132 valence electrons. The molecule has 0 aliphatic rings. The summed E-state index contributed by atoms with van der Waals surface area (Å²) in [6.07, 6.45) is 1.43. The second-order valence-electron chi connectivity index (χ2n) is 6.10. The average Bonchev–Trinajstić information content (AvgIpc) is 2.54. The van der Waals surface area contributed by atoms with Gasteiger partial charge >= 0.3 is 11.6 Å². The number of fused-ring (bicyclic) bond motifs is 1. The summed E-state index contributed by atoms with van der Waals surface area (Å²) in [6.45, 7) is 9.54. The van der Waals surface area contributed by atoms with E-state index in [1.807, 2.05) is 26.8 Å². The van der Waals surface area contributed by atoms with E-state index in [0.29, 0.717) is 16.9 Å². The van der Waals surface area contributed by atoms with Crippen molar-refractivity contribution in [3.8, 4) is 5.75 Å². The number of ether oxygens (including phenoxy) is 2. The summed E-state index contributed by atoms with van der Waals surface area (Å²) in [4.78, 5) is 23.5. The van der Waals surface area contributed by atoms with Crippen LogP contribution in [0.3, 0.4) is 0 Å². The molecule has 5 heteroatoms. The molecule has 0 saturated carbocycles. The fourth-order valence-electron chi connectivity index (χ4n) is 2.56. The summed E-state index contributed by atoms with van der Waals surface area (Å²) < 4.78 is 16.2. The zero-order valence-electron chi connectivity index (χ0n) is 14.9. The van der Waals surface area contributed by atoms with E-state index in [0.717, 1.165) is 16.5 Å². The molecule has 0 bridgehead atoms. The zero-order chi connectivity index (χ0) is 18.6. The van der Waals surface area contributed by atoms with Gasteiger partial charge in [-0.15, -0.1) is 0 Å². The van der Waals surface area contributed by atoms with Gasteiger partial charge in [0, 0.05) is 29.0 Å². The number of rotatable bonds is 6. The van der Waals surface area contributed by atoms with Crippen LogP contribution in [0.2, 0.25) is 0 Å². The van der Waals surface area contributed by atoms with E-state index >= 15 is 0 Å². The number of benzene rings is 1. The number of hydrogen-bond donors (Lipinski definition) is 0. The van der Waals surface area contributed by atoms with Gasteiger partial charge in [-0.1, -0.05) is 17.7 Å². The second kappa shape index (κ2) is 7.83. The summed E-state index contributed by atoms with van der Waals surface area (Å²) in [5.41, 5.74) is 2.23. The van der Waals surface area contributed by atoms with Gasteiger partial charge in [0.15, 0.2) is 0 Å². The lowest BCUT2D eigenvalue weighted by atomic mass is 9.91. The molecule has 0 saturated heterocycles. The molecule has 1 aromatic heterocycles. The zero-order valence-corrected chi connectivity index (χ0v) is 14.9. The standard InChI is InChI=1S/C20H22O5/c1-12(2)10-18(22)24-11-15(13(3)4)19-16(23-5)8-6-14-7-9-17(21)25-20(14)19/h6-10,15H,3,11H2,1-2,4-5H3. The van der Waals surface area contributed by atoms with Gasteiger partial charge < -0.3 is 13.9 Å². The van der Waals surface area contributed by atoms with E-state index < -0.39 is 11.6 Å². The number of esters is 1. The lowest BCUT2D eigenvalue weighted by molar-refractivity contribution is -0.138. The first-order chi connectivity index (χ1) is 11.8. The molecule has 2 aromatic rings. The quantitative estimate of drug-likeness (QED) is 0.344. The van der Waals surface area contributed by atoms with Crippen LogP contribution < -0.4 is 10.4 Å². The van der Waals surface area contributed by atoms with Crippen LogP contribution in [0.15, 0.2) is 57.3 Å². The van der Waals surface area contributed by atoms with Crippen LogP contribution in [0.4, 0.5) is 0 Å². The van der Waals surface area contributed by atoms with E-state index in [1.165, 1.54) is 19.3 Å². The number of allylic oxidation sites excluding steroid dienone is 1. The summed E-state index contributed by atoms with van der Waals surface area (Å²) in [5, 5.41) is 0.761. The van der Waals surface area contributed by atoms with Gasteiger partial charge in [-0.2, -0.15) is 0 Å². The minimum absolute atomic E-state index is 0.0754. The monoisotopic (exact) mass is 342 g/mol. The SMILES string of the molecule is C=C(C)C(COC(=O)C=C(C)C)c1c(OC)ccc2ccc(=O)oc12. The van der Waals surface area contributed by atoms with Crippen LogP contribution in [0.1, 0.15) is 32.3 Å². The van der Waals surface area contributed by atoms with Crippen LogP contribution in [-0.4, -0.2) is 19.7 Å². The van der Waals surface area contributed by atoms with E-state index in [1.54, 1.807) is 12.1 Å². The molecule has 0 radical (unpaired) electrons. The van der Waals surface area contributed by atoms with Gasteiger partial charge in [0.2, 0.25) is 0 Å². The van der Waals surface area contributed by atoms with Crippen LogP contribution in [0.5, 0.6) is 5.75 Å². The van der Waals surface area contributed by atoms with Crippen molar-refractivity contribution in [1.82, 2.24) is 0 Å². The summed E-state index contributed by atoms with van der Waals surface area (Å²) >= 11 is 0. The highest BCUT2D eigenvalue weighted by molar-refractivity contribution is 5.84. The Balaban J connectivity index is 2.52. The molecular formula is C20H22O5. The van der Waals surface area contributed by atoms with Crippen molar-refractivity contribution in [3.05, 3.63) is 64.1 Å². The Hall–Kier alpha value is -2.82. The first-order valence-corrected chi connectivity index (χ1v) is 7.91. The highest BCUT2D eigenvalue weighted by Gasteiger charge is 2.23. The van der Waals surface area contributed by atoms with Crippen LogP contribution >= 0.6 is 0 Å². The lowest BCUT2D eigenvalue weighted by Crippen LogP contribution is -2.14. The topological polar surface area (TPSA) is 65.7 Å². The molecule has 25 heavy (non-hydrogen) atoms. The largest absolute Gasteiger partial charge is 0.496 e. The lowest BCUT2D eigenvalue weighted by Gasteiger charge is -2.21. The van der Waals surface area contributed by atoms with E-state index in [-0.39, 0.29) is 12.5 Å². The number of hydrogen-bond acceptors (Lipinski definition) is 5. The third kappa shape index (κ3) is 4.38. The maximum atomic E-state index is 11.9. The predicted molar refractivity (Wildman–Crippen MR) is 97.0 cm³/mol. The molecular weight excluding hydrogens is 320 g/mol. The minimum atomic E-state index is -0.455. The van der Waals surface area contributed by atoms with Crippen LogP contribution in [0, 0.1) is 0 Å². The van der Waals surface area contributed by atoms with Gasteiger partial charge in [-0.25, -0.2) is 9.59 Å². The maximum absolute atomic E-state index is 11.9. The molecule has 0 aliphatic carbocycles. The Labute approximate surface area is 146 Å². The first kappa shape index (κ1) is 18.5. The molecule has 0 spiro atoms. The first-order valence-electron chi connectivity index (χ1n) is 7.91. The van der Waals surface area contributed by atoms with Crippen molar-refractivity contribution in [3.63, 3.8) is 0 Å². The van der Waals surface area contributed by atoms with Gasteiger partial charge in [-0.3, -0.25) is 0 Å². The highest BCUT2D eigenvalue weighted by Crippen LogP contribution is 2.37. The normalized spacial score (nSPS) is 11.7. The third-order valence-electron chi connectivity index (χ3n) is 3.75. The highest BCUT2D eigenvalue weighted by atomic mass is 16.5. The third-order valence-corrected chi connectivity index (χ3v) is 3.75. The van der Waals surface area contributed by atoms with Gasteiger partial charge in [-0.05, 0) is 39.0 Å². The molecule has 5 nitrogen and oxygen atoms in total. The fraction of sp³-hybridized carbons (Fsp3) is 0.300. The summed E-state index contributed by atoms with van der Waals surface area (Å²) in [5.74, 6) is -0.237. The van der Waals surface area contributed by atoms with Crippen molar-refractivity contribution in [2.75, 3.05) is 13.7 Å². The Morgan fingerprint density at radius 3 is 2.52 bits per heavy atom. The molecule has 1 heterocycles. The molecule has 0 fully saturated rings. The van der Waals surface area contributed by atoms with E-state index in [4.69, 9.17) is 13.9 Å². The number of carbonyl (C=O) groups is 1. The Morgan fingerprint density at radius 1 is 1.24 bits per heavy atom. The van der Waals surface area contributed by atoms with Crippen LogP contribution in [0.25, 0.3) is 11.0 Å². The Morgan fingerprint density at radius 2 is 1.92 bits per heavy atom. The number of methoxy groups -OCH3 is 1. The minimum Gasteiger partial charge on any atom is -0.496 e. The van der Waals surface area contributed by atoms with Gasteiger partial charge in [0.25, 0.3) is 0 Å².